The molecule has 1 aliphatic rings. The number of hydrogen-bond acceptors (Lipinski definition) is 4. The van der Waals surface area contributed by atoms with E-state index in [-0.39, 0.29) is 5.91 Å². The highest BCUT2D eigenvalue weighted by molar-refractivity contribution is 5.92. The molecule has 0 saturated heterocycles. The lowest BCUT2D eigenvalue weighted by Crippen LogP contribution is -2.35. The van der Waals surface area contributed by atoms with Crippen LogP contribution in [0.4, 0.5) is 0 Å². The van der Waals surface area contributed by atoms with Gasteiger partial charge in [-0.15, -0.1) is 0 Å². The third-order valence-corrected chi connectivity index (χ3v) is 4.61. The first kappa shape index (κ1) is 18.0. The number of amides is 1. The summed E-state index contributed by atoms with van der Waals surface area (Å²) in [4.78, 5) is 24.5. The Bertz CT molecular complexity index is 798. The minimum Gasteiger partial charge on any atom is -0.497 e. The molecular weight excluding hydrogens is 330 g/mol. The Hall–Kier alpha value is -2.82. The fourth-order valence-electron chi connectivity index (χ4n) is 3.06. The Morgan fingerprint density at radius 3 is 2.54 bits per heavy atom. The average molecular weight is 353 g/mol. The van der Waals surface area contributed by atoms with Crippen molar-refractivity contribution >= 4 is 11.9 Å². The van der Waals surface area contributed by atoms with Crippen LogP contribution in [0.2, 0.25) is 0 Å². The zero-order valence-electron chi connectivity index (χ0n) is 15.1. The summed E-state index contributed by atoms with van der Waals surface area (Å²) >= 11 is 0. The number of fused-ring (bicyclic) bond motifs is 1. The Kier molecular flexibility index (Phi) is 5.56. The number of carbonyl (C=O) groups excluding carboxylic acids is 2. The van der Waals surface area contributed by atoms with E-state index in [2.05, 4.69) is 5.32 Å². The van der Waals surface area contributed by atoms with Crippen LogP contribution in [-0.2, 0) is 28.9 Å². The number of esters is 1. The summed E-state index contributed by atoms with van der Waals surface area (Å²) in [5.41, 5.74) is 3.94. The lowest BCUT2D eigenvalue weighted by Gasteiger charge is -2.14. The van der Waals surface area contributed by atoms with Crippen LogP contribution in [-0.4, -0.2) is 25.1 Å². The number of aryl methyl sites for hydroxylation is 2. The summed E-state index contributed by atoms with van der Waals surface area (Å²) in [5.74, 6) is -0.0288. The van der Waals surface area contributed by atoms with E-state index >= 15 is 0 Å². The van der Waals surface area contributed by atoms with Gasteiger partial charge in [-0.2, -0.15) is 0 Å². The third-order valence-electron chi connectivity index (χ3n) is 4.61. The van der Waals surface area contributed by atoms with E-state index in [0.717, 1.165) is 30.6 Å². The number of ether oxygens (including phenoxy) is 2. The zero-order chi connectivity index (χ0) is 18.5. The first-order chi connectivity index (χ1) is 12.6. The van der Waals surface area contributed by atoms with Gasteiger partial charge in [0, 0.05) is 6.54 Å². The van der Waals surface area contributed by atoms with Crippen molar-refractivity contribution in [3.8, 4) is 5.75 Å². The smallest absolute Gasteiger partial charge is 0.338 e. The van der Waals surface area contributed by atoms with Gasteiger partial charge < -0.3 is 14.8 Å². The second-order valence-electron chi connectivity index (χ2n) is 6.45. The molecule has 26 heavy (non-hydrogen) atoms. The SMILES string of the molecule is COc1ccc(CNC(=O)[C@@H](C)OC(=O)c2ccc3c(c2)CCC3)cc1. The van der Waals surface area contributed by atoms with Gasteiger partial charge in [0.25, 0.3) is 5.91 Å². The molecule has 0 heterocycles. The average Bonchev–Trinajstić information content (AvgIpc) is 3.14. The molecule has 2 aromatic carbocycles. The Labute approximate surface area is 153 Å². The van der Waals surface area contributed by atoms with Crippen molar-refractivity contribution in [1.82, 2.24) is 5.32 Å². The lowest BCUT2D eigenvalue weighted by molar-refractivity contribution is -0.129. The number of benzene rings is 2. The van der Waals surface area contributed by atoms with Crippen molar-refractivity contribution in [2.45, 2.75) is 38.8 Å². The molecule has 0 fully saturated rings. The number of hydrogen-bond donors (Lipinski definition) is 1. The first-order valence-corrected chi connectivity index (χ1v) is 8.80. The molecule has 136 valence electrons. The van der Waals surface area contributed by atoms with Crippen LogP contribution in [0.25, 0.3) is 0 Å². The summed E-state index contributed by atoms with van der Waals surface area (Å²) in [7, 11) is 1.60. The van der Waals surface area contributed by atoms with E-state index < -0.39 is 12.1 Å². The van der Waals surface area contributed by atoms with Gasteiger partial charge in [0.05, 0.1) is 12.7 Å². The van der Waals surface area contributed by atoms with E-state index in [9.17, 15) is 9.59 Å². The van der Waals surface area contributed by atoms with Crippen molar-refractivity contribution in [1.29, 1.82) is 0 Å². The minimum atomic E-state index is -0.853. The Balaban J connectivity index is 1.52. The highest BCUT2D eigenvalue weighted by Gasteiger charge is 2.20. The topological polar surface area (TPSA) is 64.6 Å². The predicted molar refractivity (Wildman–Crippen MR) is 98.2 cm³/mol. The van der Waals surface area contributed by atoms with E-state index in [1.54, 1.807) is 20.1 Å². The molecule has 1 aliphatic carbocycles. The first-order valence-electron chi connectivity index (χ1n) is 8.80. The number of rotatable bonds is 6. The molecule has 0 saturated carbocycles. The number of carbonyl (C=O) groups is 2. The van der Waals surface area contributed by atoms with Crippen LogP contribution in [0, 0.1) is 0 Å². The van der Waals surface area contributed by atoms with E-state index in [1.807, 2.05) is 36.4 Å². The van der Waals surface area contributed by atoms with Crippen molar-refractivity contribution in [2.75, 3.05) is 7.11 Å². The second kappa shape index (κ2) is 8.04. The summed E-state index contributed by atoms with van der Waals surface area (Å²) in [6.07, 6.45) is 2.33. The molecule has 1 amide bonds. The monoisotopic (exact) mass is 353 g/mol. The third kappa shape index (κ3) is 4.23. The molecule has 0 aromatic heterocycles. The molecule has 0 radical (unpaired) electrons. The quantitative estimate of drug-likeness (QED) is 0.811. The van der Waals surface area contributed by atoms with E-state index in [4.69, 9.17) is 9.47 Å². The summed E-state index contributed by atoms with van der Waals surface area (Å²) in [6, 6.07) is 13.0. The standard InChI is InChI=1S/C21H23NO4/c1-14(20(23)22-13-15-6-10-19(25-2)11-7-15)26-21(24)18-9-8-16-4-3-5-17(16)12-18/h6-12,14H,3-5,13H2,1-2H3,(H,22,23)/t14-/m1/s1. The molecule has 1 atom stereocenters. The summed E-state index contributed by atoms with van der Waals surface area (Å²) in [5, 5.41) is 2.78. The van der Waals surface area contributed by atoms with Crippen LogP contribution in [0.15, 0.2) is 42.5 Å². The molecule has 2 aromatic rings. The molecule has 0 unspecified atom stereocenters. The van der Waals surface area contributed by atoms with Gasteiger partial charge in [-0.25, -0.2) is 4.79 Å². The van der Waals surface area contributed by atoms with Gasteiger partial charge in [-0.05, 0) is 67.1 Å². The van der Waals surface area contributed by atoms with Gasteiger partial charge in [-0.1, -0.05) is 18.2 Å². The minimum absolute atomic E-state index is 0.324. The van der Waals surface area contributed by atoms with Gasteiger partial charge in [0.1, 0.15) is 5.75 Å². The van der Waals surface area contributed by atoms with Crippen molar-refractivity contribution in [2.24, 2.45) is 0 Å². The van der Waals surface area contributed by atoms with Crippen molar-refractivity contribution < 1.29 is 19.1 Å². The van der Waals surface area contributed by atoms with Gasteiger partial charge in [0.2, 0.25) is 0 Å². The van der Waals surface area contributed by atoms with Gasteiger partial charge in [0.15, 0.2) is 6.10 Å². The Morgan fingerprint density at radius 1 is 1.08 bits per heavy atom. The van der Waals surface area contributed by atoms with E-state index in [1.165, 1.54) is 11.1 Å². The van der Waals surface area contributed by atoms with Gasteiger partial charge >= 0.3 is 5.97 Å². The number of nitrogens with one attached hydrogen (secondary N) is 1. The van der Waals surface area contributed by atoms with Crippen molar-refractivity contribution in [3.63, 3.8) is 0 Å². The highest BCUT2D eigenvalue weighted by Crippen LogP contribution is 2.23. The fourth-order valence-corrected chi connectivity index (χ4v) is 3.06. The van der Waals surface area contributed by atoms with Crippen molar-refractivity contribution in [3.05, 3.63) is 64.7 Å². The molecular formula is C21H23NO4. The maximum atomic E-state index is 12.3. The molecule has 0 aliphatic heterocycles. The normalized spacial score (nSPS) is 13.6. The Morgan fingerprint density at radius 2 is 1.81 bits per heavy atom. The maximum absolute atomic E-state index is 12.3. The maximum Gasteiger partial charge on any atom is 0.338 e. The fraction of sp³-hybridized carbons (Fsp3) is 0.333. The molecule has 3 rings (SSSR count). The van der Waals surface area contributed by atoms with Crippen LogP contribution in [0.1, 0.15) is 40.4 Å². The second-order valence-corrected chi connectivity index (χ2v) is 6.45. The van der Waals surface area contributed by atoms with E-state index in [0.29, 0.717) is 12.1 Å². The van der Waals surface area contributed by atoms with Crippen LogP contribution >= 0.6 is 0 Å². The highest BCUT2D eigenvalue weighted by atomic mass is 16.5. The molecule has 5 nitrogen and oxygen atoms in total. The van der Waals surface area contributed by atoms with Crippen LogP contribution in [0.3, 0.4) is 0 Å². The zero-order valence-corrected chi connectivity index (χ0v) is 15.1. The lowest BCUT2D eigenvalue weighted by atomic mass is 10.1. The number of methoxy groups -OCH3 is 1. The molecule has 0 spiro atoms. The molecule has 0 bridgehead atoms. The van der Waals surface area contributed by atoms with Gasteiger partial charge in [-0.3, -0.25) is 4.79 Å². The largest absolute Gasteiger partial charge is 0.497 e. The summed E-state index contributed by atoms with van der Waals surface area (Å²) < 4.78 is 10.4. The molecule has 5 heteroatoms. The predicted octanol–water partition coefficient (Wildman–Crippen LogP) is 3.05. The van der Waals surface area contributed by atoms with Crippen LogP contribution in [0.5, 0.6) is 5.75 Å². The van der Waals surface area contributed by atoms with Crippen LogP contribution < -0.4 is 10.1 Å². The molecule has 1 N–H and O–H groups in total. The summed E-state index contributed by atoms with van der Waals surface area (Å²) in [6.45, 7) is 1.94.